The Kier molecular flexibility index (Phi) is 4.26. The van der Waals surface area contributed by atoms with Gasteiger partial charge in [0.1, 0.15) is 29.5 Å². The van der Waals surface area contributed by atoms with Gasteiger partial charge >= 0.3 is 5.97 Å². The number of benzene rings is 2. The average Bonchev–Trinajstić information content (AvgIpc) is 3.18. The summed E-state index contributed by atoms with van der Waals surface area (Å²) < 4.78 is 24.0. The molecule has 26 heavy (non-hydrogen) atoms. The van der Waals surface area contributed by atoms with E-state index in [1.807, 2.05) is 0 Å². The summed E-state index contributed by atoms with van der Waals surface area (Å²) in [5.74, 6) is -0.386. The molecule has 1 saturated heterocycles. The molecule has 6 heteroatoms. The lowest BCUT2D eigenvalue weighted by Crippen LogP contribution is -2.34. The van der Waals surface area contributed by atoms with Crippen LogP contribution in [0.15, 0.2) is 57.9 Å². The van der Waals surface area contributed by atoms with Gasteiger partial charge in [-0.3, -0.25) is 4.79 Å². The predicted molar refractivity (Wildman–Crippen MR) is 94.5 cm³/mol. The number of carbonyl (C=O) groups is 1. The zero-order valence-electron chi connectivity index (χ0n) is 13.8. The quantitative estimate of drug-likeness (QED) is 0.578. The zero-order valence-corrected chi connectivity index (χ0v) is 13.8. The van der Waals surface area contributed by atoms with Gasteiger partial charge < -0.3 is 14.5 Å². The lowest BCUT2D eigenvalue weighted by Gasteiger charge is -2.10. The van der Waals surface area contributed by atoms with E-state index in [1.165, 1.54) is 36.6 Å². The van der Waals surface area contributed by atoms with Crippen molar-refractivity contribution in [2.75, 3.05) is 6.54 Å². The van der Waals surface area contributed by atoms with Gasteiger partial charge in [0.05, 0.1) is 10.9 Å². The molecule has 0 aliphatic carbocycles. The Hall–Kier alpha value is -2.99. The summed E-state index contributed by atoms with van der Waals surface area (Å²) in [5.41, 5.74) is 1.01. The molecule has 0 saturated carbocycles. The van der Waals surface area contributed by atoms with Crippen molar-refractivity contribution in [1.29, 1.82) is 0 Å². The number of halogens is 1. The fourth-order valence-electron chi connectivity index (χ4n) is 3.07. The highest BCUT2D eigenvalue weighted by Crippen LogP contribution is 2.24. The highest BCUT2D eigenvalue weighted by Gasteiger charge is 2.24. The second-order valence-corrected chi connectivity index (χ2v) is 6.21. The maximum Gasteiger partial charge on any atom is 0.328 e. The minimum absolute atomic E-state index is 0.229. The Morgan fingerprint density at radius 2 is 2.00 bits per heavy atom. The Labute approximate surface area is 148 Å². The standard InChI is InChI=1S/C20H16FNO4/c21-13-5-3-12(4-6-13)16-11-25-18-10-14(7-8-15(18)19(16)23)26-20(24)17-2-1-9-22-17/h3-8,10-11,17,22H,1-2,9H2/t17-/m1/s1. The molecule has 0 amide bonds. The molecule has 1 aliphatic heterocycles. The molecule has 1 N–H and O–H groups in total. The average molecular weight is 353 g/mol. The first-order chi connectivity index (χ1) is 12.6. The second-order valence-electron chi connectivity index (χ2n) is 6.21. The molecule has 3 aromatic rings. The number of fused-ring (bicyclic) bond motifs is 1. The number of rotatable bonds is 3. The summed E-state index contributed by atoms with van der Waals surface area (Å²) in [4.78, 5) is 24.8. The van der Waals surface area contributed by atoms with Crippen LogP contribution in [0.3, 0.4) is 0 Å². The van der Waals surface area contributed by atoms with Gasteiger partial charge in [0.25, 0.3) is 0 Å². The van der Waals surface area contributed by atoms with Gasteiger partial charge in [-0.1, -0.05) is 12.1 Å². The third-order valence-corrected chi connectivity index (χ3v) is 4.46. The molecule has 0 spiro atoms. The first-order valence-electron chi connectivity index (χ1n) is 8.38. The minimum Gasteiger partial charge on any atom is -0.463 e. The summed E-state index contributed by atoms with van der Waals surface area (Å²) in [6.07, 6.45) is 3.03. The van der Waals surface area contributed by atoms with Crippen LogP contribution < -0.4 is 15.5 Å². The number of ether oxygens (including phenoxy) is 1. The fraction of sp³-hybridized carbons (Fsp3) is 0.200. The van der Waals surface area contributed by atoms with E-state index in [0.717, 1.165) is 19.4 Å². The van der Waals surface area contributed by atoms with Crippen molar-refractivity contribution in [1.82, 2.24) is 5.32 Å². The SMILES string of the molecule is O=C(Oc1ccc2c(=O)c(-c3ccc(F)cc3)coc2c1)[C@H]1CCCN1. The van der Waals surface area contributed by atoms with Crippen LogP contribution in [0.4, 0.5) is 4.39 Å². The monoisotopic (exact) mass is 353 g/mol. The van der Waals surface area contributed by atoms with Crippen molar-refractivity contribution >= 4 is 16.9 Å². The van der Waals surface area contributed by atoms with Gasteiger partial charge in [-0.05, 0) is 49.2 Å². The predicted octanol–water partition coefficient (Wildman–Crippen LogP) is 3.26. The minimum atomic E-state index is -0.373. The number of hydrogen-bond acceptors (Lipinski definition) is 5. The maximum absolute atomic E-state index is 13.1. The highest BCUT2D eigenvalue weighted by molar-refractivity contribution is 5.84. The molecular weight excluding hydrogens is 337 g/mol. The van der Waals surface area contributed by atoms with Gasteiger partial charge in [0.2, 0.25) is 0 Å². The van der Waals surface area contributed by atoms with Crippen LogP contribution in [0.1, 0.15) is 12.8 Å². The zero-order chi connectivity index (χ0) is 18.1. The molecule has 132 valence electrons. The molecule has 1 atom stereocenters. The Balaban J connectivity index is 1.65. The van der Waals surface area contributed by atoms with Gasteiger partial charge in [-0.2, -0.15) is 0 Å². The molecule has 0 bridgehead atoms. The van der Waals surface area contributed by atoms with Crippen molar-refractivity contribution in [2.45, 2.75) is 18.9 Å². The summed E-state index contributed by atoms with van der Waals surface area (Å²) >= 11 is 0. The summed E-state index contributed by atoms with van der Waals surface area (Å²) in [7, 11) is 0. The van der Waals surface area contributed by atoms with E-state index in [1.54, 1.807) is 12.1 Å². The summed E-state index contributed by atoms with van der Waals surface area (Å²) in [6, 6.07) is 10.0. The fourth-order valence-corrected chi connectivity index (χ4v) is 3.07. The summed E-state index contributed by atoms with van der Waals surface area (Å²) in [5, 5.41) is 3.44. The van der Waals surface area contributed by atoms with Gasteiger partial charge in [0.15, 0.2) is 5.43 Å². The first-order valence-corrected chi connectivity index (χ1v) is 8.38. The first kappa shape index (κ1) is 16.5. The van der Waals surface area contributed by atoms with Gasteiger partial charge in [0, 0.05) is 6.07 Å². The van der Waals surface area contributed by atoms with Crippen molar-refractivity contribution in [2.24, 2.45) is 0 Å². The normalized spacial score (nSPS) is 16.7. The molecule has 1 aliphatic rings. The lowest BCUT2D eigenvalue weighted by molar-refractivity contribution is -0.136. The Morgan fingerprint density at radius 1 is 1.19 bits per heavy atom. The molecule has 1 fully saturated rings. The van der Waals surface area contributed by atoms with Crippen molar-refractivity contribution in [3.63, 3.8) is 0 Å². The number of hydrogen-bond donors (Lipinski definition) is 1. The van der Waals surface area contributed by atoms with Crippen LogP contribution in [0, 0.1) is 5.82 Å². The number of nitrogens with one attached hydrogen (secondary N) is 1. The van der Waals surface area contributed by atoms with E-state index in [0.29, 0.717) is 27.8 Å². The molecule has 0 radical (unpaired) electrons. The Morgan fingerprint density at radius 3 is 2.73 bits per heavy atom. The molecule has 2 heterocycles. The van der Waals surface area contributed by atoms with E-state index in [4.69, 9.17) is 9.15 Å². The van der Waals surface area contributed by atoms with Gasteiger partial charge in [-0.25, -0.2) is 9.18 Å². The molecule has 1 aromatic heterocycles. The van der Waals surface area contributed by atoms with Crippen molar-refractivity contribution < 1.29 is 18.3 Å². The van der Waals surface area contributed by atoms with Crippen LogP contribution in [0.25, 0.3) is 22.1 Å². The lowest BCUT2D eigenvalue weighted by atomic mass is 10.1. The topological polar surface area (TPSA) is 68.5 Å². The molecule has 5 nitrogen and oxygen atoms in total. The number of carbonyl (C=O) groups excluding carboxylic acids is 1. The summed E-state index contributed by atoms with van der Waals surface area (Å²) in [6.45, 7) is 0.804. The van der Waals surface area contributed by atoms with E-state index in [-0.39, 0.29) is 23.3 Å². The van der Waals surface area contributed by atoms with Crippen molar-refractivity contribution in [3.05, 3.63) is 64.8 Å². The van der Waals surface area contributed by atoms with Crippen LogP contribution in [-0.2, 0) is 4.79 Å². The second kappa shape index (κ2) is 6.72. The van der Waals surface area contributed by atoms with Crippen molar-refractivity contribution in [3.8, 4) is 16.9 Å². The van der Waals surface area contributed by atoms with Gasteiger partial charge in [-0.15, -0.1) is 0 Å². The third-order valence-electron chi connectivity index (χ3n) is 4.46. The van der Waals surface area contributed by atoms with Crippen LogP contribution in [0.5, 0.6) is 5.75 Å². The number of esters is 1. The van der Waals surface area contributed by atoms with Crippen LogP contribution in [-0.4, -0.2) is 18.6 Å². The van der Waals surface area contributed by atoms with E-state index < -0.39 is 0 Å². The highest BCUT2D eigenvalue weighted by atomic mass is 19.1. The maximum atomic E-state index is 13.1. The molecule has 0 unspecified atom stereocenters. The molecular formula is C20H16FNO4. The smallest absolute Gasteiger partial charge is 0.328 e. The van der Waals surface area contributed by atoms with E-state index in [9.17, 15) is 14.0 Å². The van der Waals surface area contributed by atoms with E-state index >= 15 is 0 Å². The van der Waals surface area contributed by atoms with Crippen LogP contribution in [0.2, 0.25) is 0 Å². The Bertz CT molecular complexity index is 1020. The third kappa shape index (κ3) is 3.11. The van der Waals surface area contributed by atoms with E-state index in [2.05, 4.69) is 5.32 Å². The molecule has 4 rings (SSSR count). The van der Waals surface area contributed by atoms with Crippen LogP contribution >= 0.6 is 0 Å². The largest absolute Gasteiger partial charge is 0.463 e. The molecule has 2 aromatic carbocycles.